The number of methoxy groups -OCH3 is 2. The second kappa shape index (κ2) is 17.7. The summed E-state index contributed by atoms with van der Waals surface area (Å²) in [6.45, 7) is 34.9. The van der Waals surface area contributed by atoms with Crippen LogP contribution in [0.1, 0.15) is 121 Å². The van der Waals surface area contributed by atoms with Gasteiger partial charge in [0.1, 0.15) is 11.4 Å². The molecule has 9 nitrogen and oxygen atoms in total. The molecule has 1 amide bonds. The zero-order valence-corrected chi connectivity index (χ0v) is 44.9. The molecule has 1 aliphatic heterocycles. The Morgan fingerprint density at radius 1 is 0.778 bits per heavy atom. The van der Waals surface area contributed by atoms with E-state index in [2.05, 4.69) is 125 Å². The molecule has 4 atom stereocenters. The largest absolute Gasteiger partial charge is 0.497 e. The highest BCUT2D eigenvalue weighted by Gasteiger charge is 2.64. The van der Waals surface area contributed by atoms with Gasteiger partial charge in [-0.25, -0.2) is 0 Å². The average Bonchev–Trinajstić information content (AvgIpc) is 3.62. The highest BCUT2D eigenvalue weighted by Crippen LogP contribution is 2.62. The molecule has 3 aromatic carbocycles. The van der Waals surface area contributed by atoms with E-state index in [9.17, 15) is 4.79 Å². The molecule has 0 unspecified atom stereocenters. The Morgan fingerprint density at radius 3 is 1.98 bits per heavy atom. The van der Waals surface area contributed by atoms with Gasteiger partial charge in [0.15, 0.2) is 42.6 Å². The average molecular weight is 937 g/mol. The van der Waals surface area contributed by atoms with E-state index < -0.39 is 42.8 Å². The van der Waals surface area contributed by atoms with Gasteiger partial charge in [0.25, 0.3) is 0 Å². The number of benzene rings is 3. The number of carbonyl (C=O) groups is 1. The first-order valence-corrected chi connectivity index (χ1v) is 31.6. The van der Waals surface area contributed by atoms with Crippen LogP contribution >= 0.6 is 11.6 Å². The molecule has 0 aromatic heterocycles. The number of fused-ring (bicyclic) bond motifs is 6. The van der Waals surface area contributed by atoms with Gasteiger partial charge in [-0.05, 0) is 119 Å². The monoisotopic (exact) mass is 935 g/mol. The molecule has 63 heavy (non-hydrogen) atoms. The van der Waals surface area contributed by atoms with Gasteiger partial charge >= 0.3 is 0 Å². The first-order chi connectivity index (χ1) is 29.1. The van der Waals surface area contributed by atoms with Crippen LogP contribution in [0.2, 0.25) is 59.4 Å². The SMILES string of the molecule is COc1ccc(COCc2cc3c4cc2CNC(=O)C[C@@H](O[Si](C)(C)C(C)(C)C)c2ccc(OC)c(c2Cl)O[C@H]4[C@]2(O[Si](C)(C)C(C)(C)C)C3=CC[C@H]2O[Si](C)(C)C(C)(C)C)cc1. The normalized spacial score (nSPS) is 22.0. The molecule has 1 heterocycles. The van der Waals surface area contributed by atoms with E-state index in [1.807, 2.05) is 36.4 Å². The molecule has 346 valence electrons. The first-order valence-electron chi connectivity index (χ1n) is 22.5. The van der Waals surface area contributed by atoms with Crippen molar-refractivity contribution in [2.24, 2.45) is 0 Å². The van der Waals surface area contributed by atoms with Gasteiger partial charge in [-0.2, -0.15) is 0 Å². The number of ether oxygens (including phenoxy) is 4. The van der Waals surface area contributed by atoms with Gasteiger partial charge < -0.3 is 37.5 Å². The summed E-state index contributed by atoms with van der Waals surface area (Å²) in [5.41, 5.74) is 5.60. The molecule has 0 radical (unpaired) electrons. The Kier molecular flexibility index (Phi) is 13.9. The summed E-state index contributed by atoms with van der Waals surface area (Å²) in [6.07, 6.45) is 1.34. The van der Waals surface area contributed by atoms with Crippen molar-refractivity contribution in [3.8, 4) is 17.2 Å². The number of carbonyl (C=O) groups excluding carboxylic acids is 1. The summed E-state index contributed by atoms with van der Waals surface area (Å²) in [4.78, 5) is 14.2. The predicted octanol–water partition coefficient (Wildman–Crippen LogP) is 13.2. The van der Waals surface area contributed by atoms with Crippen molar-refractivity contribution in [3.05, 3.63) is 93.0 Å². The fraction of sp³-hybridized carbons (Fsp3) is 0.580. The lowest BCUT2D eigenvalue weighted by atomic mass is 9.91. The highest BCUT2D eigenvalue weighted by molar-refractivity contribution is 6.75. The maximum atomic E-state index is 14.2. The molecule has 2 aliphatic carbocycles. The fourth-order valence-corrected chi connectivity index (χ4v) is 12.4. The Bertz CT molecular complexity index is 2200. The molecular weight excluding hydrogens is 862 g/mol. The Balaban J connectivity index is 1.60. The molecule has 3 aliphatic rings. The highest BCUT2D eigenvalue weighted by atomic mass is 35.5. The van der Waals surface area contributed by atoms with E-state index in [1.54, 1.807) is 14.2 Å². The van der Waals surface area contributed by atoms with Crippen molar-refractivity contribution in [2.45, 2.75) is 173 Å². The van der Waals surface area contributed by atoms with Crippen molar-refractivity contribution >= 4 is 48.0 Å². The minimum Gasteiger partial charge on any atom is -0.497 e. The second-order valence-corrected chi connectivity index (χ2v) is 36.9. The van der Waals surface area contributed by atoms with Crippen LogP contribution in [-0.2, 0) is 42.6 Å². The van der Waals surface area contributed by atoms with Crippen LogP contribution in [0, 0.1) is 0 Å². The van der Waals surface area contributed by atoms with Crippen LogP contribution < -0.4 is 19.5 Å². The van der Waals surface area contributed by atoms with E-state index in [4.69, 9.17) is 43.8 Å². The van der Waals surface area contributed by atoms with Crippen molar-refractivity contribution in [2.75, 3.05) is 14.2 Å². The molecule has 0 fully saturated rings. The fourth-order valence-electron chi connectivity index (χ4n) is 7.99. The van der Waals surface area contributed by atoms with Crippen LogP contribution in [0.25, 0.3) is 5.57 Å². The van der Waals surface area contributed by atoms with Crippen LogP contribution in [0.3, 0.4) is 0 Å². The summed E-state index contributed by atoms with van der Waals surface area (Å²) in [5.74, 6) is 1.53. The lowest BCUT2D eigenvalue weighted by Gasteiger charge is -2.50. The van der Waals surface area contributed by atoms with Gasteiger partial charge in [0, 0.05) is 17.7 Å². The molecular formula is C50H74ClNO8Si3. The number of hydrogen-bond acceptors (Lipinski definition) is 8. The molecule has 1 N–H and O–H groups in total. The van der Waals surface area contributed by atoms with Crippen molar-refractivity contribution < 1.29 is 37.0 Å². The van der Waals surface area contributed by atoms with Gasteiger partial charge in [0.2, 0.25) is 5.91 Å². The lowest BCUT2D eigenvalue weighted by molar-refractivity contribution is -0.123. The van der Waals surface area contributed by atoms with Gasteiger partial charge in [0.05, 0.1) is 51.1 Å². The molecule has 0 saturated heterocycles. The summed E-state index contributed by atoms with van der Waals surface area (Å²) in [5, 5.41) is 3.31. The smallest absolute Gasteiger partial charge is 0.223 e. The number of rotatable bonds is 12. The lowest BCUT2D eigenvalue weighted by Crippen LogP contribution is -2.59. The zero-order valence-electron chi connectivity index (χ0n) is 41.1. The maximum Gasteiger partial charge on any atom is 0.223 e. The van der Waals surface area contributed by atoms with Gasteiger partial charge in [-0.1, -0.05) is 98.2 Å². The quantitative estimate of drug-likeness (QED) is 0.180. The molecule has 6 rings (SSSR count). The van der Waals surface area contributed by atoms with Crippen LogP contribution in [0.5, 0.6) is 17.2 Å². The summed E-state index contributed by atoms with van der Waals surface area (Å²) >= 11 is 7.63. The van der Waals surface area contributed by atoms with Crippen molar-refractivity contribution in [3.63, 3.8) is 0 Å². The number of hydrogen-bond donors (Lipinski definition) is 1. The zero-order chi connectivity index (χ0) is 46.7. The third-order valence-corrected chi connectivity index (χ3v) is 28.7. The minimum atomic E-state index is -2.60. The van der Waals surface area contributed by atoms with Crippen LogP contribution in [0.15, 0.2) is 54.6 Å². The molecule has 13 heteroatoms. The van der Waals surface area contributed by atoms with Gasteiger partial charge in [-0.15, -0.1) is 0 Å². The van der Waals surface area contributed by atoms with E-state index in [0.717, 1.165) is 39.1 Å². The van der Waals surface area contributed by atoms with Crippen LogP contribution in [0.4, 0.5) is 0 Å². The third-order valence-electron chi connectivity index (χ3n) is 14.9. The molecule has 4 bridgehead atoms. The number of halogens is 1. The topological polar surface area (TPSA) is 93.7 Å². The summed E-state index contributed by atoms with van der Waals surface area (Å²) in [7, 11) is -4.13. The van der Waals surface area contributed by atoms with E-state index >= 15 is 0 Å². The Hall–Kier alpha value is -2.95. The Morgan fingerprint density at radius 2 is 1.40 bits per heavy atom. The predicted molar refractivity (Wildman–Crippen MR) is 262 cm³/mol. The van der Waals surface area contributed by atoms with E-state index in [0.29, 0.717) is 41.7 Å². The molecule has 3 aromatic rings. The van der Waals surface area contributed by atoms with Crippen molar-refractivity contribution in [1.29, 1.82) is 0 Å². The summed E-state index contributed by atoms with van der Waals surface area (Å²) < 4.78 is 48.2. The van der Waals surface area contributed by atoms with Gasteiger partial charge in [-0.3, -0.25) is 4.79 Å². The van der Waals surface area contributed by atoms with E-state index in [-0.39, 0.29) is 40.1 Å². The molecule has 0 spiro atoms. The standard InChI is InChI=1S/C50H74ClNO8Si3/c1-47(2,3)61(12,13)58-41-28-43(53)52-29-33-26-38-37(27-34(33)31-56-30-32-18-20-35(54-10)21-19-32)39-23-25-42(59-62(14,15)48(4,5)6)50(39,60-63(16,17)49(7,8)9)46(38)57-45-40(55-11)24-22-36(41)44(45)51/h18-24,26-27,41-42,46H,25,28-31H2,1-17H3,(H,52,53)/t41-,42-,46-,50+/m1/s1. The van der Waals surface area contributed by atoms with Crippen molar-refractivity contribution in [1.82, 2.24) is 5.32 Å². The third kappa shape index (κ3) is 9.66. The summed E-state index contributed by atoms with van der Waals surface area (Å²) in [6, 6.07) is 16.1. The van der Waals surface area contributed by atoms with E-state index in [1.165, 1.54) is 0 Å². The maximum absolute atomic E-state index is 14.2. The van der Waals surface area contributed by atoms with Crippen LogP contribution in [-0.4, -0.2) is 56.8 Å². The number of amides is 1. The number of nitrogens with one attached hydrogen (secondary N) is 1. The first kappa shape index (κ1) is 49.5. The second-order valence-electron chi connectivity index (χ2n) is 22.3. The molecule has 0 saturated carbocycles. The Labute approximate surface area is 386 Å². The minimum absolute atomic E-state index is 0.0647.